The van der Waals surface area contributed by atoms with Gasteiger partial charge in [-0.2, -0.15) is 0 Å². The minimum atomic E-state index is -0.134. The molecule has 2 aromatic rings. The largest absolute Gasteiger partial charge is 0.495 e. The van der Waals surface area contributed by atoms with Crippen LogP contribution in [0.1, 0.15) is 35.3 Å². The van der Waals surface area contributed by atoms with Gasteiger partial charge >= 0.3 is 0 Å². The molecule has 0 aliphatic carbocycles. The number of carbonyl (C=O) groups excluding carboxylic acids is 1. The van der Waals surface area contributed by atoms with Gasteiger partial charge in [0.2, 0.25) is 5.91 Å². The summed E-state index contributed by atoms with van der Waals surface area (Å²) in [7, 11) is 3.38. The van der Waals surface area contributed by atoms with E-state index in [1.54, 1.807) is 14.2 Å². The lowest BCUT2D eigenvalue weighted by molar-refractivity contribution is -0.114. The number of nitrogens with zero attached hydrogens (tertiary/aromatic N) is 2. The maximum atomic E-state index is 11.5. The Morgan fingerprint density at radius 2 is 2.06 bits per heavy atom. The van der Waals surface area contributed by atoms with Gasteiger partial charge in [0.05, 0.1) is 25.9 Å². The number of hydrogen-bond acceptors (Lipinski definition) is 4. The highest BCUT2D eigenvalue weighted by atomic mass is 16.5. The number of morpholine rings is 1. The van der Waals surface area contributed by atoms with Crippen LogP contribution in [0.2, 0.25) is 0 Å². The van der Waals surface area contributed by atoms with Crippen molar-refractivity contribution in [3.05, 3.63) is 58.7 Å². The summed E-state index contributed by atoms with van der Waals surface area (Å²) in [5, 5.41) is 6.25. The monoisotopic (exact) mass is 424 g/mol. The third-order valence-corrected chi connectivity index (χ3v) is 5.38. The molecule has 1 aliphatic rings. The molecule has 0 spiro atoms. The van der Waals surface area contributed by atoms with E-state index in [4.69, 9.17) is 9.47 Å². The number of methoxy groups -OCH3 is 1. The lowest BCUT2D eigenvalue weighted by atomic mass is 10.00. The number of ether oxygens (including phenoxy) is 2. The molecule has 1 unspecified atom stereocenters. The fourth-order valence-corrected chi connectivity index (χ4v) is 3.88. The van der Waals surface area contributed by atoms with Crippen LogP contribution < -0.4 is 15.4 Å². The molecular formula is C24H32N4O3. The summed E-state index contributed by atoms with van der Waals surface area (Å²) in [4.78, 5) is 18.2. The van der Waals surface area contributed by atoms with Crippen LogP contribution in [0.3, 0.4) is 0 Å². The first kappa shape index (κ1) is 22.6. The van der Waals surface area contributed by atoms with E-state index in [1.165, 1.54) is 23.6 Å². The zero-order chi connectivity index (χ0) is 22.4. The van der Waals surface area contributed by atoms with E-state index in [0.29, 0.717) is 24.6 Å². The smallest absolute Gasteiger partial charge is 0.221 e. The lowest BCUT2D eigenvalue weighted by Gasteiger charge is -2.36. The van der Waals surface area contributed by atoms with Crippen molar-refractivity contribution in [1.29, 1.82) is 0 Å². The summed E-state index contributed by atoms with van der Waals surface area (Å²) >= 11 is 0. The van der Waals surface area contributed by atoms with E-state index < -0.39 is 0 Å². The van der Waals surface area contributed by atoms with Crippen molar-refractivity contribution >= 4 is 17.6 Å². The minimum absolute atomic E-state index is 0.0141. The molecule has 166 valence electrons. The predicted molar refractivity (Wildman–Crippen MR) is 124 cm³/mol. The van der Waals surface area contributed by atoms with E-state index in [9.17, 15) is 4.79 Å². The van der Waals surface area contributed by atoms with Crippen LogP contribution >= 0.6 is 0 Å². The topological polar surface area (TPSA) is 75.2 Å². The molecule has 7 heteroatoms. The van der Waals surface area contributed by atoms with Crippen LogP contribution in [-0.2, 0) is 16.1 Å². The van der Waals surface area contributed by atoms with Crippen molar-refractivity contribution in [3.8, 4) is 5.75 Å². The Hall–Kier alpha value is -3.06. The average molecular weight is 425 g/mol. The molecule has 1 amide bonds. The molecule has 0 bridgehead atoms. The maximum absolute atomic E-state index is 11.5. The Bertz CT molecular complexity index is 958. The van der Waals surface area contributed by atoms with Gasteiger partial charge in [0.1, 0.15) is 11.9 Å². The quantitative estimate of drug-likeness (QED) is 0.568. The number of guanidine groups is 1. The van der Waals surface area contributed by atoms with Crippen molar-refractivity contribution in [3.63, 3.8) is 0 Å². The van der Waals surface area contributed by atoms with Crippen LogP contribution in [0.15, 0.2) is 41.4 Å². The number of amides is 1. The van der Waals surface area contributed by atoms with E-state index >= 15 is 0 Å². The first-order valence-corrected chi connectivity index (χ1v) is 10.5. The second-order valence-corrected chi connectivity index (χ2v) is 7.78. The fourth-order valence-electron chi connectivity index (χ4n) is 3.88. The Morgan fingerprint density at radius 3 is 2.74 bits per heavy atom. The molecule has 0 aromatic heterocycles. The summed E-state index contributed by atoms with van der Waals surface area (Å²) in [5.41, 5.74) is 5.40. The molecule has 7 nitrogen and oxygen atoms in total. The zero-order valence-electron chi connectivity index (χ0n) is 19.0. The van der Waals surface area contributed by atoms with E-state index in [-0.39, 0.29) is 12.0 Å². The van der Waals surface area contributed by atoms with Gasteiger partial charge in [-0.05, 0) is 42.7 Å². The number of carbonyl (C=O) groups is 1. The molecule has 1 aliphatic heterocycles. The number of rotatable bonds is 5. The molecule has 2 N–H and O–H groups in total. The van der Waals surface area contributed by atoms with Crippen molar-refractivity contribution in [2.75, 3.05) is 39.2 Å². The molecular weight excluding hydrogens is 392 g/mol. The Balaban J connectivity index is 1.68. The van der Waals surface area contributed by atoms with Crippen LogP contribution in [0.25, 0.3) is 0 Å². The van der Waals surface area contributed by atoms with Gasteiger partial charge in [0, 0.05) is 27.1 Å². The SMILES string of the molecule is CN=C(NCc1ccc(OC)c(NC(C)=O)c1)N1CCOC(c2ccc(C)cc2C)C1. The van der Waals surface area contributed by atoms with Crippen LogP contribution in [-0.4, -0.2) is 50.6 Å². The lowest BCUT2D eigenvalue weighted by Crippen LogP contribution is -2.48. The van der Waals surface area contributed by atoms with Gasteiger partial charge in [-0.25, -0.2) is 0 Å². The van der Waals surface area contributed by atoms with Gasteiger partial charge in [0.25, 0.3) is 0 Å². The number of anilines is 1. The Kier molecular flexibility index (Phi) is 7.52. The summed E-state index contributed by atoms with van der Waals surface area (Å²) in [6.07, 6.45) is 0.0141. The number of nitrogens with one attached hydrogen (secondary N) is 2. The van der Waals surface area contributed by atoms with E-state index in [2.05, 4.69) is 52.6 Å². The van der Waals surface area contributed by atoms with Crippen LogP contribution in [0.4, 0.5) is 5.69 Å². The maximum Gasteiger partial charge on any atom is 0.221 e. The molecule has 0 saturated carbocycles. The van der Waals surface area contributed by atoms with Crippen molar-refractivity contribution in [1.82, 2.24) is 10.2 Å². The van der Waals surface area contributed by atoms with Crippen LogP contribution in [0, 0.1) is 13.8 Å². The van der Waals surface area contributed by atoms with Gasteiger partial charge < -0.3 is 25.0 Å². The third-order valence-electron chi connectivity index (χ3n) is 5.38. The van der Waals surface area contributed by atoms with Gasteiger partial charge in [-0.1, -0.05) is 29.8 Å². The average Bonchev–Trinajstić information content (AvgIpc) is 2.74. The van der Waals surface area contributed by atoms with Crippen molar-refractivity contribution < 1.29 is 14.3 Å². The first-order valence-electron chi connectivity index (χ1n) is 10.5. The molecule has 2 aromatic carbocycles. The Labute approximate surface area is 184 Å². The first-order chi connectivity index (χ1) is 14.9. The molecule has 31 heavy (non-hydrogen) atoms. The fraction of sp³-hybridized carbons (Fsp3) is 0.417. The van der Waals surface area contributed by atoms with Crippen molar-refractivity contribution in [2.45, 2.75) is 33.4 Å². The molecule has 1 heterocycles. The van der Waals surface area contributed by atoms with Gasteiger partial charge in [0.15, 0.2) is 5.96 Å². The second-order valence-electron chi connectivity index (χ2n) is 7.78. The van der Waals surface area contributed by atoms with E-state index in [1.807, 2.05) is 18.2 Å². The summed E-state index contributed by atoms with van der Waals surface area (Å²) < 4.78 is 11.4. The number of benzene rings is 2. The second kappa shape index (κ2) is 10.3. The van der Waals surface area contributed by atoms with Gasteiger partial charge in [-0.3, -0.25) is 9.79 Å². The number of aliphatic imine (C=N–C) groups is 1. The van der Waals surface area contributed by atoms with Gasteiger partial charge in [-0.15, -0.1) is 0 Å². The molecule has 1 fully saturated rings. The van der Waals surface area contributed by atoms with Crippen molar-refractivity contribution in [2.24, 2.45) is 4.99 Å². The number of hydrogen-bond donors (Lipinski definition) is 2. The molecule has 0 radical (unpaired) electrons. The highest BCUT2D eigenvalue weighted by molar-refractivity contribution is 5.90. The molecule has 1 atom stereocenters. The third kappa shape index (κ3) is 5.76. The summed E-state index contributed by atoms with van der Waals surface area (Å²) in [6, 6.07) is 12.2. The van der Waals surface area contributed by atoms with Crippen LogP contribution in [0.5, 0.6) is 5.75 Å². The highest BCUT2D eigenvalue weighted by Crippen LogP contribution is 2.27. The predicted octanol–water partition coefficient (Wildman–Crippen LogP) is 3.42. The van der Waals surface area contributed by atoms with E-state index in [0.717, 1.165) is 24.6 Å². The minimum Gasteiger partial charge on any atom is -0.495 e. The molecule has 3 rings (SSSR count). The highest BCUT2D eigenvalue weighted by Gasteiger charge is 2.25. The Morgan fingerprint density at radius 1 is 1.26 bits per heavy atom. The summed E-state index contributed by atoms with van der Waals surface area (Å²) in [6.45, 7) is 8.46. The number of aryl methyl sites for hydroxylation is 2. The normalized spacial score (nSPS) is 16.7. The molecule has 1 saturated heterocycles. The zero-order valence-corrected chi connectivity index (χ0v) is 19.0. The summed E-state index contributed by atoms with van der Waals surface area (Å²) in [5.74, 6) is 1.33. The standard InChI is InChI=1S/C24H32N4O3/c1-16-6-8-20(17(2)12-16)23-15-28(10-11-31-23)24(25-4)26-14-19-7-9-22(30-5)21(13-19)27-18(3)29/h6-9,12-13,23H,10-11,14-15H2,1-5H3,(H,25,26)(H,27,29).